The molecule has 0 atom stereocenters. The molecule has 3 heterocycles. The molecule has 10 heteroatoms. The van der Waals surface area contributed by atoms with Crippen LogP contribution in [0.15, 0.2) is 45.6 Å². The smallest absolute Gasteiger partial charge is 0.361 e. The summed E-state index contributed by atoms with van der Waals surface area (Å²) in [6.45, 7) is 8.23. The molecule has 0 radical (unpaired) electrons. The Morgan fingerprint density at radius 3 is 2.04 bits per heavy atom. The number of nitrogens with zero attached hydrogens (tertiary/aromatic N) is 1. The van der Waals surface area contributed by atoms with Crippen molar-refractivity contribution < 1.29 is 37.6 Å². The van der Waals surface area contributed by atoms with E-state index in [1.807, 2.05) is 37.3 Å². The zero-order valence-electron chi connectivity index (χ0n) is 28.7. The normalized spacial score (nSPS) is 12.1. The zero-order valence-corrected chi connectivity index (χ0v) is 28.7. The van der Waals surface area contributed by atoms with Crippen molar-refractivity contribution in [2.75, 3.05) is 48.3 Å². The Hall–Kier alpha value is -4.99. The van der Waals surface area contributed by atoms with E-state index in [4.69, 9.17) is 37.6 Å². The van der Waals surface area contributed by atoms with Crippen molar-refractivity contribution in [1.82, 2.24) is 4.57 Å². The Labute approximate surface area is 280 Å². The van der Waals surface area contributed by atoms with Gasteiger partial charge in [0.25, 0.3) is 0 Å². The number of aromatic nitrogens is 1. The third kappa shape index (κ3) is 5.52. The van der Waals surface area contributed by atoms with Crippen molar-refractivity contribution >= 4 is 21.9 Å². The lowest BCUT2D eigenvalue weighted by Gasteiger charge is -2.26. The second-order valence-electron chi connectivity index (χ2n) is 11.6. The minimum Gasteiger partial charge on any atom is -0.493 e. The Kier molecular flexibility index (Phi) is 9.61. The third-order valence-corrected chi connectivity index (χ3v) is 8.59. The van der Waals surface area contributed by atoms with Crippen molar-refractivity contribution in [3.05, 3.63) is 52.4 Å². The number of ether oxygens (including phenoxy) is 7. The molecule has 2 aromatic heterocycles. The summed E-state index contributed by atoms with van der Waals surface area (Å²) >= 11 is 0. The highest BCUT2D eigenvalue weighted by atomic mass is 16.5. The average molecular weight is 658 g/mol. The highest BCUT2D eigenvalue weighted by molar-refractivity contribution is 6.17. The highest BCUT2D eigenvalue weighted by Gasteiger charge is 2.33. The van der Waals surface area contributed by atoms with E-state index < -0.39 is 5.63 Å². The first-order valence-corrected chi connectivity index (χ1v) is 16.5. The van der Waals surface area contributed by atoms with Crippen molar-refractivity contribution in [2.24, 2.45) is 0 Å². The van der Waals surface area contributed by atoms with E-state index in [0.717, 1.165) is 58.0 Å². The van der Waals surface area contributed by atoms with Gasteiger partial charge in [0.1, 0.15) is 11.1 Å². The Morgan fingerprint density at radius 1 is 0.708 bits per heavy atom. The Balaban J connectivity index is 1.76. The van der Waals surface area contributed by atoms with E-state index >= 15 is 0 Å². The summed E-state index contributed by atoms with van der Waals surface area (Å²) in [6.07, 6.45) is 3.10. The van der Waals surface area contributed by atoms with Gasteiger partial charge in [0.05, 0.1) is 54.0 Å². The number of aryl methyl sites for hydroxylation is 1. The molecule has 0 saturated carbocycles. The molecule has 48 heavy (non-hydrogen) atoms. The van der Waals surface area contributed by atoms with E-state index in [9.17, 15) is 4.79 Å². The summed E-state index contributed by atoms with van der Waals surface area (Å²) in [7, 11) is 6.46. The van der Waals surface area contributed by atoms with Crippen LogP contribution < -0.4 is 38.8 Å². The molecule has 0 saturated heterocycles. The molecule has 0 amide bonds. The van der Waals surface area contributed by atoms with Gasteiger partial charge < -0.3 is 42.1 Å². The fraction of sp³-hybridized carbons (Fsp3) is 0.395. The Morgan fingerprint density at radius 2 is 1.38 bits per heavy atom. The number of fused-ring (bicyclic) bond motifs is 7. The van der Waals surface area contributed by atoms with Crippen LogP contribution in [-0.4, -0.2) is 52.8 Å². The van der Waals surface area contributed by atoms with Crippen molar-refractivity contribution in [3.8, 4) is 62.6 Å². The maximum absolute atomic E-state index is 14.1. The van der Waals surface area contributed by atoms with Crippen LogP contribution in [0.2, 0.25) is 0 Å². The first-order chi connectivity index (χ1) is 23.4. The van der Waals surface area contributed by atoms with Gasteiger partial charge in [-0.3, -0.25) is 0 Å². The predicted molar refractivity (Wildman–Crippen MR) is 186 cm³/mol. The van der Waals surface area contributed by atoms with E-state index in [-0.39, 0.29) is 0 Å². The molecular formula is C38H43NO9. The summed E-state index contributed by atoms with van der Waals surface area (Å²) in [5.74, 6) is 4.01. The van der Waals surface area contributed by atoms with Crippen molar-refractivity contribution in [2.45, 2.75) is 53.0 Å². The number of benzene rings is 3. The average Bonchev–Trinajstić information content (AvgIpc) is 3.47. The molecule has 1 aliphatic heterocycles. The molecule has 0 bridgehead atoms. The highest BCUT2D eigenvalue weighted by Crippen LogP contribution is 2.53. The third-order valence-electron chi connectivity index (χ3n) is 8.59. The zero-order chi connectivity index (χ0) is 33.9. The summed E-state index contributed by atoms with van der Waals surface area (Å²) < 4.78 is 49.8. The van der Waals surface area contributed by atoms with Crippen LogP contribution in [0.5, 0.6) is 40.2 Å². The maximum atomic E-state index is 14.1. The van der Waals surface area contributed by atoms with Gasteiger partial charge in [-0.25, -0.2) is 4.79 Å². The largest absolute Gasteiger partial charge is 0.493 e. The molecule has 0 spiro atoms. The molecule has 10 nitrogen and oxygen atoms in total. The van der Waals surface area contributed by atoms with Gasteiger partial charge in [-0.05, 0) is 55.5 Å². The monoisotopic (exact) mass is 657 g/mol. The first kappa shape index (κ1) is 32.9. The second-order valence-corrected chi connectivity index (χ2v) is 11.6. The Bertz CT molecular complexity index is 2020. The topological polar surface area (TPSA) is 99.8 Å². The second kappa shape index (κ2) is 14.0. The van der Waals surface area contributed by atoms with E-state index in [0.29, 0.717) is 84.1 Å². The number of hydrogen-bond donors (Lipinski definition) is 0. The first-order valence-electron chi connectivity index (χ1n) is 16.5. The van der Waals surface area contributed by atoms with Crippen LogP contribution in [0.4, 0.5) is 0 Å². The van der Waals surface area contributed by atoms with Crippen LogP contribution >= 0.6 is 0 Å². The van der Waals surface area contributed by atoms with Crippen molar-refractivity contribution in [1.29, 1.82) is 0 Å². The van der Waals surface area contributed by atoms with Gasteiger partial charge in [0.15, 0.2) is 34.5 Å². The molecule has 6 rings (SSSR count). The minimum absolute atomic E-state index is 0.401. The van der Waals surface area contributed by atoms with Crippen molar-refractivity contribution in [3.63, 3.8) is 0 Å². The van der Waals surface area contributed by atoms with Crippen LogP contribution in [0.3, 0.4) is 0 Å². The molecule has 5 aromatic rings. The van der Waals surface area contributed by atoms with Crippen LogP contribution in [-0.2, 0) is 13.0 Å². The van der Waals surface area contributed by atoms with E-state index in [1.54, 1.807) is 34.5 Å². The van der Waals surface area contributed by atoms with Gasteiger partial charge in [0, 0.05) is 40.1 Å². The van der Waals surface area contributed by atoms with Gasteiger partial charge in [-0.2, -0.15) is 0 Å². The number of hydrogen-bond acceptors (Lipinski definition) is 9. The fourth-order valence-electron chi connectivity index (χ4n) is 6.53. The number of rotatable bonds is 14. The quantitative estimate of drug-likeness (QED) is 0.110. The minimum atomic E-state index is -0.446. The molecule has 0 aliphatic carbocycles. The van der Waals surface area contributed by atoms with E-state index in [2.05, 4.69) is 18.4 Å². The van der Waals surface area contributed by atoms with E-state index in [1.165, 1.54) is 0 Å². The lowest BCUT2D eigenvalue weighted by molar-refractivity contribution is 0.280. The molecule has 0 unspecified atom stereocenters. The molecule has 0 N–H and O–H groups in total. The summed E-state index contributed by atoms with van der Waals surface area (Å²) in [6, 6.07) is 11.5. The SMILES string of the molecule is CCCOc1ccc(-c2c3n(c4c(=O)oc5cc(OCCC)c(OC)cc5c24)CCc2c-3cc(OC)c(OC)c2OCCC)cc1OC. The predicted octanol–water partition coefficient (Wildman–Crippen LogP) is 8.04. The maximum Gasteiger partial charge on any atom is 0.361 e. The van der Waals surface area contributed by atoms with Crippen LogP contribution in [0, 0.1) is 0 Å². The fourth-order valence-corrected chi connectivity index (χ4v) is 6.53. The summed E-state index contributed by atoms with van der Waals surface area (Å²) in [5.41, 5.74) is 4.78. The lowest BCUT2D eigenvalue weighted by Crippen LogP contribution is -2.16. The van der Waals surface area contributed by atoms with Gasteiger partial charge in [-0.15, -0.1) is 0 Å². The van der Waals surface area contributed by atoms with Crippen LogP contribution in [0.1, 0.15) is 45.6 Å². The molecule has 3 aromatic carbocycles. The summed E-state index contributed by atoms with van der Waals surface area (Å²) in [4.78, 5) is 14.1. The van der Waals surface area contributed by atoms with Gasteiger partial charge in [0.2, 0.25) is 5.75 Å². The van der Waals surface area contributed by atoms with Crippen LogP contribution in [0.25, 0.3) is 44.3 Å². The lowest BCUT2D eigenvalue weighted by atomic mass is 9.91. The van der Waals surface area contributed by atoms with Gasteiger partial charge >= 0.3 is 5.63 Å². The molecule has 254 valence electrons. The molecule has 1 aliphatic rings. The molecular weight excluding hydrogens is 614 g/mol. The molecule has 0 fully saturated rings. The standard InChI is InChI=1S/C38H43NO9/c1-8-15-45-26-12-11-22(18-28(26)41-4)32-33-25-20-29(42-5)30(46-16-9-2)21-27(25)48-38(40)35(33)39-14-13-23-24(34(32)39)19-31(43-6)37(44-7)36(23)47-17-10-3/h11-12,18-21H,8-10,13-17H2,1-7H3. The van der Waals surface area contributed by atoms with Gasteiger partial charge in [-0.1, -0.05) is 26.8 Å². The summed E-state index contributed by atoms with van der Waals surface area (Å²) in [5, 5.41) is 1.46. The number of methoxy groups -OCH3 is 4.